The van der Waals surface area contributed by atoms with Crippen molar-refractivity contribution in [1.29, 1.82) is 0 Å². The van der Waals surface area contributed by atoms with Crippen LogP contribution in [0.1, 0.15) is 19.8 Å². The third kappa shape index (κ3) is 2.60. The van der Waals surface area contributed by atoms with Crippen LogP contribution in [0.25, 0.3) is 0 Å². The second-order valence-corrected chi connectivity index (χ2v) is 4.41. The lowest BCUT2D eigenvalue weighted by atomic mass is 9.96. The van der Waals surface area contributed by atoms with Crippen LogP contribution in [0, 0.1) is 11.8 Å². The van der Waals surface area contributed by atoms with Crippen molar-refractivity contribution < 1.29 is 19.1 Å². The molecule has 0 saturated heterocycles. The van der Waals surface area contributed by atoms with Crippen molar-refractivity contribution in [2.45, 2.75) is 25.8 Å². The first-order chi connectivity index (χ1) is 8.15. The normalized spacial score (nSPS) is 26.6. The van der Waals surface area contributed by atoms with Crippen LogP contribution in [0.15, 0.2) is 11.6 Å². The highest BCUT2D eigenvalue weighted by Gasteiger charge is 2.43. The highest BCUT2D eigenvalue weighted by Crippen LogP contribution is 2.48. The lowest BCUT2D eigenvalue weighted by Crippen LogP contribution is -2.46. The minimum Gasteiger partial charge on any atom is -0.464 e. The second kappa shape index (κ2) is 4.77. The number of alkyl carbamates (subject to hydrolysis) is 1. The number of hydrogen-bond donors (Lipinski definition) is 1. The molecular weight excluding hydrogens is 222 g/mol. The number of carbonyl (C=O) groups is 2. The van der Waals surface area contributed by atoms with E-state index in [2.05, 4.69) is 16.1 Å². The van der Waals surface area contributed by atoms with Crippen LogP contribution in [0.2, 0.25) is 0 Å². The zero-order valence-corrected chi connectivity index (χ0v) is 10.1. The Hall–Kier alpha value is -1.52. The molecule has 0 bridgehead atoms. The highest BCUT2D eigenvalue weighted by molar-refractivity contribution is 5.81. The smallest absolute Gasteiger partial charge is 0.407 e. The summed E-state index contributed by atoms with van der Waals surface area (Å²) in [7, 11) is 1.28. The first-order valence-electron chi connectivity index (χ1n) is 5.87. The molecule has 5 heteroatoms. The van der Waals surface area contributed by atoms with E-state index in [0.29, 0.717) is 12.5 Å². The number of rotatable bonds is 4. The van der Waals surface area contributed by atoms with Crippen LogP contribution >= 0.6 is 0 Å². The van der Waals surface area contributed by atoms with Gasteiger partial charge >= 0.3 is 12.1 Å². The number of amides is 1. The molecule has 3 atom stereocenters. The summed E-state index contributed by atoms with van der Waals surface area (Å²) in [5.41, 5.74) is 1.40. The molecule has 0 radical (unpaired) electrons. The minimum absolute atomic E-state index is 0.137. The number of fused-ring (bicyclic) bond motifs is 1. The molecule has 1 saturated carbocycles. The number of esters is 1. The van der Waals surface area contributed by atoms with Crippen LogP contribution < -0.4 is 5.32 Å². The topological polar surface area (TPSA) is 64.6 Å². The molecule has 1 fully saturated rings. The van der Waals surface area contributed by atoms with Crippen molar-refractivity contribution in [2.24, 2.45) is 11.8 Å². The lowest BCUT2D eigenvalue weighted by Gasteiger charge is -2.22. The lowest BCUT2D eigenvalue weighted by molar-refractivity contribution is -0.147. The third-order valence-electron chi connectivity index (χ3n) is 3.31. The van der Waals surface area contributed by atoms with Gasteiger partial charge in [-0.2, -0.15) is 0 Å². The summed E-state index contributed by atoms with van der Waals surface area (Å²) in [4.78, 5) is 23.0. The van der Waals surface area contributed by atoms with Gasteiger partial charge in [0.2, 0.25) is 0 Å². The Morgan fingerprint density at radius 2 is 2.35 bits per heavy atom. The van der Waals surface area contributed by atoms with Crippen molar-refractivity contribution in [3.8, 4) is 0 Å². The fraction of sp³-hybridized carbons (Fsp3) is 0.667. The summed E-state index contributed by atoms with van der Waals surface area (Å²) >= 11 is 0. The van der Waals surface area contributed by atoms with Crippen molar-refractivity contribution in [1.82, 2.24) is 5.32 Å². The molecule has 2 rings (SSSR count). The summed E-state index contributed by atoms with van der Waals surface area (Å²) in [6.45, 7) is 2.07. The van der Waals surface area contributed by atoms with E-state index in [1.807, 2.05) is 0 Å². The number of ether oxygens (including phenoxy) is 2. The molecular formula is C12H17NO4. The average molecular weight is 239 g/mol. The Kier molecular flexibility index (Phi) is 3.36. The van der Waals surface area contributed by atoms with E-state index in [9.17, 15) is 9.59 Å². The Morgan fingerprint density at radius 1 is 1.59 bits per heavy atom. The van der Waals surface area contributed by atoms with Crippen molar-refractivity contribution >= 4 is 12.1 Å². The van der Waals surface area contributed by atoms with Crippen LogP contribution in [0.4, 0.5) is 4.79 Å². The van der Waals surface area contributed by atoms with Gasteiger partial charge < -0.3 is 14.8 Å². The maximum Gasteiger partial charge on any atom is 0.407 e. The van der Waals surface area contributed by atoms with Gasteiger partial charge in [0.15, 0.2) is 0 Å². The summed E-state index contributed by atoms with van der Waals surface area (Å²) < 4.78 is 9.52. The van der Waals surface area contributed by atoms with Crippen molar-refractivity contribution in [2.75, 3.05) is 13.7 Å². The summed E-state index contributed by atoms with van der Waals surface area (Å²) in [6, 6.07) is -0.587. The second-order valence-electron chi connectivity index (χ2n) is 4.41. The molecule has 0 aliphatic heterocycles. The van der Waals surface area contributed by atoms with Gasteiger partial charge in [-0.1, -0.05) is 11.6 Å². The molecule has 0 spiro atoms. The number of carbonyl (C=O) groups excluding carboxylic acids is 2. The fourth-order valence-corrected chi connectivity index (χ4v) is 2.40. The Labute approximate surface area is 100 Å². The largest absolute Gasteiger partial charge is 0.464 e. The molecule has 0 aromatic heterocycles. The average Bonchev–Trinajstić information content (AvgIpc) is 2.93. The van der Waals surface area contributed by atoms with Gasteiger partial charge in [-0.25, -0.2) is 9.59 Å². The predicted octanol–water partition coefficient (Wildman–Crippen LogP) is 1.24. The van der Waals surface area contributed by atoms with Gasteiger partial charge in [-0.05, 0) is 31.6 Å². The third-order valence-corrected chi connectivity index (χ3v) is 3.31. The first kappa shape index (κ1) is 12.0. The molecule has 94 valence electrons. The quantitative estimate of drug-likeness (QED) is 0.592. The predicted molar refractivity (Wildman–Crippen MR) is 60.3 cm³/mol. The van der Waals surface area contributed by atoms with Gasteiger partial charge in [0.05, 0.1) is 13.7 Å². The SMILES string of the molecule is CCOC(=O)C(NC(=O)OC)C1CC2=CC2C1. The summed E-state index contributed by atoms with van der Waals surface area (Å²) in [5, 5.41) is 2.57. The van der Waals surface area contributed by atoms with Crippen molar-refractivity contribution in [3.63, 3.8) is 0 Å². The highest BCUT2D eigenvalue weighted by atomic mass is 16.5. The number of methoxy groups -OCH3 is 1. The molecule has 0 aromatic rings. The zero-order chi connectivity index (χ0) is 12.4. The molecule has 0 heterocycles. The number of nitrogens with one attached hydrogen (secondary N) is 1. The van der Waals surface area contributed by atoms with Crippen LogP contribution in [-0.4, -0.2) is 31.8 Å². The molecule has 17 heavy (non-hydrogen) atoms. The summed E-state index contributed by atoms with van der Waals surface area (Å²) in [5.74, 6) is 0.319. The number of allylic oxidation sites excluding steroid dienone is 2. The Balaban J connectivity index is 1.98. The van der Waals surface area contributed by atoms with E-state index < -0.39 is 12.1 Å². The monoisotopic (exact) mass is 239 g/mol. The molecule has 3 unspecified atom stereocenters. The van der Waals surface area contributed by atoms with E-state index in [4.69, 9.17) is 4.74 Å². The van der Waals surface area contributed by atoms with Gasteiger partial charge in [0, 0.05) is 0 Å². The molecule has 5 nitrogen and oxygen atoms in total. The molecule has 0 aromatic carbocycles. The number of hydrogen-bond acceptors (Lipinski definition) is 4. The van der Waals surface area contributed by atoms with Gasteiger partial charge in [-0.15, -0.1) is 0 Å². The van der Waals surface area contributed by atoms with Gasteiger partial charge in [0.25, 0.3) is 0 Å². The molecule has 2 aliphatic rings. The fourth-order valence-electron chi connectivity index (χ4n) is 2.40. The van der Waals surface area contributed by atoms with E-state index in [1.54, 1.807) is 6.92 Å². The zero-order valence-electron chi connectivity index (χ0n) is 10.1. The first-order valence-corrected chi connectivity index (χ1v) is 5.87. The maximum absolute atomic E-state index is 11.8. The van der Waals surface area contributed by atoms with E-state index in [0.717, 1.165) is 12.8 Å². The van der Waals surface area contributed by atoms with Gasteiger partial charge in [0.1, 0.15) is 6.04 Å². The van der Waals surface area contributed by atoms with Crippen LogP contribution in [-0.2, 0) is 14.3 Å². The molecule has 1 N–H and O–H groups in total. The maximum atomic E-state index is 11.8. The van der Waals surface area contributed by atoms with Crippen molar-refractivity contribution in [3.05, 3.63) is 11.6 Å². The van der Waals surface area contributed by atoms with Crippen LogP contribution in [0.5, 0.6) is 0 Å². The Morgan fingerprint density at radius 3 is 2.88 bits per heavy atom. The van der Waals surface area contributed by atoms with E-state index in [1.165, 1.54) is 12.7 Å². The molecule has 2 aliphatic carbocycles. The van der Waals surface area contributed by atoms with Crippen LogP contribution in [0.3, 0.4) is 0 Å². The minimum atomic E-state index is -0.587. The standard InChI is InChI=1S/C12H17NO4/c1-3-17-11(14)10(13-12(15)16-2)9-5-7-4-8(7)6-9/h4,7,9-10H,3,5-6H2,1-2H3,(H,13,15). The summed E-state index contributed by atoms with van der Waals surface area (Å²) in [6.07, 6.45) is 3.41. The van der Waals surface area contributed by atoms with Gasteiger partial charge in [-0.3, -0.25) is 0 Å². The molecule has 1 amide bonds. The Bertz CT molecular complexity index is 364. The van der Waals surface area contributed by atoms with E-state index >= 15 is 0 Å². The van der Waals surface area contributed by atoms with E-state index in [-0.39, 0.29) is 11.9 Å².